The topological polar surface area (TPSA) is 80.8 Å². The van der Waals surface area contributed by atoms with Gasteiger partial charge in [0.25, 0.3) is 5.91 Å². The summed E-state index contributed by atoms with van der Waals surface area (Å²) in [5.74, 6) is 1.51. The molecule has 0 saturated heterocycles. The zero-order chi connectivity index (χ0) is 33.0. The number of rotatable bonds is 15. The van der Waals surface area contributed by atoms with Crippen molar-refractivity contribution in [1.29, 1.82) is 0 Å². The van der Waals surface area contributed by atoms with Crippen LogP contribution in [0.3, 0.4) is 0 Å². The van der Waals surface area contributed by atoms with Gasteiger partial charge < -0.3 is 19.7 Å². The predicted molar refractivity (Wildman–Crippen MR) is 192 cm³/mol. The van der Waals surface area contributed by atoms with Gasteiger partial charge in [-0.3, -0.25) is 14.0 Å². The van der Waals surface area contributed by atoms with Crippen molar-refractivity contribution in [2.45, 2.75) is 50.7 Å². The Hall–Kier alpha value is -4.27. The Labute approximate surface area is 281 Å². The second-order valence-corrected chi connectivity index (χ2v) is 13.6. The summed E-state index contributed by atoms with van der Waals surface area (Å²) in [5, 5.41) is 3.07. The van der Waals surface area contributed by atoms with E-state index in [-0.39, 0.29) is 5.91 Å². The third kappa shape index (κ3) is 9.86. The molecule has 0 fully saturated rings. The van der Waals surface area contributed by atoms with Crippen LogP contribution in [0.5, 0.6) is 5.75 Å². The minimum absolute atomic E-state index is 0.129. The number of nitrogens with zero attached hydrogens (tertiary/aromatic N) is 2. The Morgan fingerprint density at radius 2 is 1.74 bits per heavy atom. The molecule has 1 aliphatic rings. The first-order valence-electron chi connectivity index (χ1n) is 16.5. The highest BCUT2D eigenvalue weighted by atomic mass is 32.2. The molecule has 2 heterocycles. The fourth-order valence-electron chi connectivity index (χ4n) is 5.50. The highest BCUT2D eigenvalue weighted by molar-refractivity contribution is 7.84. The van der Waals surface area contributed by atoms with E-state index in [1.165, 1.54) is 0 Å². The van der Waals surface area contributed by atoms with Gasteiger partial charge in [0.15, 0.2) is 0 Å². The molecule has 4 aromatic rings. The summed E-state index contributed by atoms with van der Waals surface area (Å²) in [7, 11) is -1.22. The molecule has 1 aromatic heterocycles. The lowest BCUT2D eigenvalue weighted by molar-refractivity contribution is -0.112. The van der Waals surface area contributed by atoms with Crippen LogP contribution in [0.1, 0.15) is 51.3 Å². The summed E-state index contributed by atoms with van der Waals surface area (Å²) in [6.45, 7) is 10.1. The number of aromatic nitrogens is 1. The van der Waals surface area contributed by atoms with Gasteiger partial charge >= 0.3 is 0 Å². The van der Waals surface area contributed by atoms with E-state index < -0.39 is 10.8 Å². The molecule has 7 nitrogen and oxygen atoms in total. The van der Waals surface area contributed by atoms with E-state index in [1.54, 1.807) is 18.3 Å². The zero-order valence-corrected chi connectivity index (χ0v) is 28.4. The minimum atomic E-state index is -1.22. The molecule has 0 bridgehead atoms. The maximum absolute atomic E-state index is 13.6. The summed E-state index contributed by atoms with van der Waals surface area (Å²) >= 11 is 0. The van der Waals surface area contributed by atoms with Crippen molar-refractivity contribution in [3.8, 4) is 16.9 Å². The van der Waals surface area contributed by atoms with E-state index >= 15 is 0 Å². The van der Waals surface area contributed by atoms with Gasteiger partial charge in [-0.15, -0.1) is 0 Å². The number of fused-ring (bicyclic) bond motifs is 1. The molecule has 1 N–H and O–H groups in total. The lowest BCUT2D eigenvalue weighted by Gasteiger charge is -2.27. The average molecular weight is 652 g/mol. The van der Waals surface area contributed by atoms with E-state index in [1.807, 2.05) is 48.5 Å². The van der Waals surface area contributed by atoms with Crippen molar-refractivity contribution in [2.24, 2.45) is 5.92 Å². The molecule has 5 rings (SSSR count). The fourth-order valence-corrected chi connectivity index (χ4v) is 6.54. The van der Waals surface area contributed by atoms with Crippen LogP contribution in [0.25, 0.3) is 17.2 Å². The Kier molecular flexibility index (Phi) is 12.4. The number of hydrogen-bond acceptors (Lipinski definition) is 6. The molecule has 47 heavy (non-hydrogen) atoms. The Balaban J connectivity index is 1.28. The summed E-state index contributed by atoms with van der Waals surface area (Å²) in [6, 6.07) is 27.5. The van der Waals surface area contributed by atoms with Crippen LogP contribution in [-0.4, -0.2) is 48.0 Å². The van der Waals surface area contributed by atoms with Crippen LogP contribution < -0.4 is 15.0 Å². The number of carbonyl (C=O) groups excluding carboxylic acids is 1. The Bertz CT molecular complexity index is 1650. The lowest BCUT2D eigenvalue weighted by Crippen LogP contribution is -2.29. The normalized spacial score (nSPS) is 13.4. The van der Waals surface area contributed by atoms with Gasteiger partial charge in [0.2, 0.25) is 0 Å². The Morgan fingerprint density at radius 3 is 2.47 bits per heavy atom. The summed E-state index contributed by atoms with van der Waals surface area (Å²) in [4.78, 5) is 20.9. The first-order valence-corrected chi connectivity index (χ1v) is 17.8. The fraction of sp³-hybridized carbons (Fsp3) is 0.333. The van der Waals surface area contributed by atoms with E-state index in [0.29, 0.717) is 41.9 Å². The summed E-state index contributed by atoms with van der Waals surface area (Å²) in [5.41, 5.74) is 6.49. The SMILES string of the molecule is CCCCOCCOc1ccc(-c2ccc3c(c2)C=C(C(=O)Nc2ccc(S(=O)Cc4ccccn4)cc2)CCN3CC(C)C)cc1. The maximum atomic E-state index is 13.6. The highest BCUT2D eigenvalue weighted by Gasteiger charge is 2.21. The van der Waals surface area contributed by atoms with Gasteiger partial charge in [-0.25, -0.2) is 0 Å². The van der Waals surface area contributed by atoms with Crippen molar-refractivity contribution in [3.05, 3.63) is 108 Å². The number of pyridine rings is 1. The molecule has 3 aromatic carbocycles. The molecule has 0 saturated carbocycles. The molecule has 1 amide bonds. The number of benzene rings is 3. The standard InChI is InChI=1S/C39H45N3O4S/c1-4-5-22-45-23-24-46-36-14-9-30(10-15-36)31-11-18-38-33(25-31)26-32(19-21-42(38)27-29(2)3)39(43)41-34-12-16-37(17-13-34)47(44)28-35-8-6-7-20-40-35/h6-18,20,25-26,29H,4-5,19,21-24,27-28H2,1-3H3,(H,41,43). The minimum Gasteiger partial charge on any atom is -0.491 e. The third-order valence-corrected chi connectivity index (χ3v) is 9.29. The molecule has 0 aliphatic carbocycles. The zero-order valence-electron chi connectivity index (χ0n) is 27.6. The van der Waals surface area contributed by atoms with Gasteiger partial charge in [0.1, 0.15) is 12.4 Å². The van der Waals surface area contributed by atoms with E-state index in [4.69, 9.17) is 9.47 Å². The number of anilines is 2. The van der Waals surface area contributed by atoms with Crippen LogP contribution in [0.15, 0.2) is 102 Å². The predicted octanol–water partition coefficient (Wildman–Crippen LogP) is 8.14. The van der Waals surface area contributed by atoms with Crippen molar-refractivity contribution >= 4 is 34.2 Å². The molecule has 1 unspecified atom stereocenters. The number of unbranched alkanes of at least 4 members (excludes halogenated alkanes) is 1. The van der Waals surface area contributed by atoms with Crippen LogP contribution in [0, 0.1) is 5.92 Å². The second kappa shape index (κ2) is 17.0. The van der Waals surface area contributed by atoms with Crippen LogP contribution in [-0.2, 0) is 26.1 Å². The molecule has 8 heteroatoms. The van der Waals surface area contributed by atoms with Gasteiger partial charge in [0, 0.05) is 47.7 Å². The smallest absolute Gasteiger partial charge is 0.251 e. The van der Waals surface area contributed by atoms with Crippen molar-refractivity contribution < 1.29 is 18.5 Å². The molecule has 0 radical (unpaired) electrons. The molecular weight excluding hydrogens is 607 g/mol. The number of hydrogen-bond donors (Lipinski definition) is 1. The molecule has 0 spiro atoms. The van der Waals surface area contributed by atoms with Crippen molar-refractivity contribution in [1.82, 2.24) is 4.98 Å². The van der Waals surface area contributed by atoms with E-state index in [9.17, 15) is 9.00 Å². The average Bonchev–Trinajstić information content (AvgIpc) is 3.26. The molecule has 1 atom stereocenters. The number of carbonyl (C=O) groups is 1. The summed E-state index contributed by atoms with van der Waals surface area (Å²) < 4.78 is 24.3. The maximum Gasteiger partial charge on any atom is 0.251 e. The van der Waals surface area contributed by atoms with E-state index in [2.05, 4.69) is 66.3 Å². The van der Waals surface area contributed by atoms with Crippen molar-refractivity contribution in [3.63, 3.8) is 0 Å². The first-order chi connectivity index (χ1) is 22.9. The van der Waals surface area contributed by atoms with Gasteiger partial charge in [0.05, 0.1) is 28.9 Å². The first kappa shape index (κ1) is 34.1. The molecule has 246 valence electrons. The van der Waals surface area contributed by atoms with Crippen LogP contribution >= 0.6 is 0 Å². The number of amides is 1. The van der Waals surface area contributed by atoms with Crippen LogP contribution in [0.2, 0.25) is 0 Å². The molecular formula is C39H45N3O4S. The summed E-state index contributed by atoms with van der Waals surface area (Å²) in [6.07, 6.45) is 6.55. The molecule has 1 aliphatic heterocycles. The van der Waals surface area contributed by atoms with Crippen molar-refractivity contribution in [2.75, 3.05) is 43.1 Å². The highest BCUT2D eigenvalue weighted by Crippen LogP contribution is 2.34. The lowest BCUT2D eigenvalue weighted by atomic mass is 10.00. The quantitative estimate of drug-likeness (QED) is 0.131. The monoisotopic (exact) mass is 651 g/mol. The third-order valence-electron chi connectivity index (χ3n) is 7.93. The van der Waals surface area contributed by atoms with Gasteiger partial charge in [-0.2, -0.15) is 0 Å². The largest absolute Gasteiger partial charge is 0.491 e. The Morgan fingerprint density at radius 1 is 0.957 bits per heavy atom. The second-order valence-electron chi connectivity index (χ2n) is 12.2. The van der Waals surface area contributed by atoms with E-state index in [0.717, 1.165) is 71.9 Å². The van der Waals surface area contributed by atoms with Gasteiger partial charge in [-0.1, -0.05) is 51.5 Å². The number of ether oxygens (including phenoxy) is 2. The number of nitrogens with one attached hydrogen (secondary N) is 1. The van der Waals surface area contributed by atoms with Gasteiger partial charge in [-0.05, 0) is 102 Å². The van der Waals surface area contributed by atoms with Crippen LogP contribution in [0.4, 0.5) is 11.4 Å².